The van der Waals surface area contributed by atoms with Crippen molar-refractivity contribution in [3.8, 4) is 5.75 Å². The quantitative estimate of drug-likeness (QED) is 0.0962. The predicted octanol–water partition coefficient (Wildman–Crippen LogP) is 7.65. The van der Waals surface area contributed by atoms with Crippen LogP contribution in [-0.4, -0.2) is 73.9 Å². The van der Waals surface area contributed by atoms with Gasteiger partial charge in [-0.05, 0) is 73.9 Å². The van der Waals surface area contributed by atoms with Crippen molar-refractivity contribution in [1.82, 2.24) is 4.90 Å². The number of thiophene rings is 1. The summed E-state index contributed by atoms with van der Waals surface area (Å²) in [5, 5.41) is 12.2. The maximum absolute atomic E-state index is 12.8. The molecule has 0 bridgehead atoms. The number of amides is 1. The molecule has 0 unspecified atom stereocenters. The van der Waals surface area contributed by atoms with Gasteiger partial charge in [-0.2, -0.15) is 0 Å². The number of ether oxygens (including phenoxy) is 2. The Labute approximate surface area is 288 Å². The molecule has 2 aliphatic rings. The minimum absolute atomic E-state index is 0.0390. The number of rotatable bonds is 20. The van der Waals surface area contributed by atoms with Crippen LogP contribution >= 0.6 is 11.3 Å². The average Bonchev–Trinajstić information content (AvgIpc) is 3.58. The molecule has 1 fully saturated rings. The molecule has 0 spiro atoms. The smallest absolute Gasteiger partial charge is 0.307 e. The largest absolute Gasteiger partial charge is 0.494 e. The van der Waals surface area contributed by atoms with E-state index in [0.29, 0.717) is 25.9 Å². The molecule has 1 amide bonds. The van der Waals surface area contributed by atoms with E-state index in [1.165, 1.54) is 15.8 Å². The number of esters is 1. The maximum Gasteiger partial charge on any atom is 0.307 e. The summed E-state index contributed by atoms with van der Waals surface area (Å²) in [5.74, 6) is -0.311. The Morgan fingerprint density at radius 3 is 2.31 bits per heavy atom. The SMILES string of the molecule is O=C(O)CCCCCCCCCCC(=O)OCN1C(=O)CCc2ccc(OCCCCN3CCN(c4cccc5sccc45)CC3)cc21. The Kier molecular flexibility index (Phi) is 14.0. The van der Waals surface area contributed by atoms with Crippen molar-refractivity contribution in [3.63, 3.8) is 0 Å². The zero-order valence-electron chi connectivity index (χ0n) is 28.2. The first-order valence-corrected chi connectivity index (χ1v) is 18.7. The summed E-state index contributed by atoms with van der Waals surface area (Å²) in [6, 6.07) is 14.8. The van der Waals surface area contributed by atoms with E-state index < -0.39 is 5.97 Å². The van der Waals surface area contributed by atoms with Gasteiger partial charge in [0.2, 0.25) is 5.91 Å². The fraction of sp³-hybridized carbons (Fsp3) is 0.553. The molecule has 0 radical (unpaired) electrons. The van der Waals surface area contributed by atoms with Crippen LogP contribution in [0, 0.1) is 0 Å². The molecule has 9 nitrogen and oxygen atoms in total. The number of nitrogens with zero attached hydrogens (tertiary/aromatic N) is 3. The number of hydrogen-bond donors (Lipinski definition) is 1. The van der Waals surface area contributed by atoms with E-state index in [2.05, 4.69) is 39.4 Å². The Morgan fingerprint density at radius 2 is 1.54 bits per heavy atom. The molecule has 48 heavy (non-hydrogen) atoms. The van der Waals surface area contributed by atoms with E-state index in [0.717, 1.165) is 114 Å². The molecule has 2 aromatic carbocycles. The summed E-state index contributed by atoms with van der Waals surface area (Å²) >= 11 is 1.80. The summed E-state index contributed by atoms with van der Waals surface area (Å²) in [7, 11) is 0. The second kappa shape index (κ2) is 18.8. The first kappa shape index (κ1) is 35.7. The third-order valence-corrected chi connectivity index (χ3v) is 10.3. The zero-order chi connectivity index (χ0) is 33.6. The van der Waals surface area contributed by atoms with Crippen molar-refractivity contribution in [2.24, 2.45) is 0 Å². The van der Waals surface area contributed by atoms with Crippen LogP contribution in [0.2, 0.25) is 0 Å². The van der Waals surface area contributed by atoms with Crippen molar-refractivity contribution < 1.29 is 29.0 Å². The number of benzene rings is 2. The lowest BCUT2D eigenvalue weighted by Crippen LogP contribution is -2.46. The van der Waals surface area contributed by atoms with Crippen molar-refractivity contribution in [3.05, 3.63) is 53.4 Å². The van der Waals surface area contributed by atoms with Gasteiger partial charge in [0.05, 0.1) is 12.3 Å². The van der Waals surface area contributed by atoms with Gasteiger partial charge in [0.25, 0.3) is 0 Å². The number of carbonyl (C=O) groups is 3. The van der Waals surface area contributed by atoms with Crippen molar-refractivity contribution in [2.75, 3.05) is 55.9 Å². The van der Waals surface area contributed by atoms with Gasteiger partial charge in [0.15, 0.2) is 6.73 Å². The van der Waals surface area contributed by atoms with Crippen LogP contribution in [0.4, 0.5) is 11.4 Å². The van der Waals surface area contributed by atoms with Gasteiger partial charge in [-0.15, -0.1) is 11.3 Å². The van der Waals surface area contributed by atoms with Crippen molar-refractivity contribution >= 4 is 50.6 Å². The van der Waals surface area contributed by atoms with E-state index in [-0.39, 0.29) is 25.0 Å². The Balaban J connectivity index is 0.957. The first-order chi connectivity index (χ1) is 23.5. The fourth-order valence-corrected chi connectivity index (χ4v) is 7.46. The van der Waals surface area contributed by atoms with Crippen LogP contribution in [-0.2, 0) is 25.5 Å². The molecule has 1 saturated heterocycles. The molecule has 1 N–H and O–H groups in total. The van der Waals surface area contributed by atoms with Gasteiger partial charge in [-0.25, -0.2) is 0 Å². The topological polar surface area (TPSA) is 99.6 Å². The third kappa shape index (κ3) is 10.7. The van der Waals surface area contributed by atoms with Crippen LogP contribution in [0.15, 0.2) is 47.8 Å². The standard InChI is InChI=1S/C38H51N3O6S/c42-36-19-17-30-16-18-31(28-34(30)41(36)29-47-38(45)15-8-6-4-2-1-3-5-7-14-37(43)44)46-26-10-9-21-39-22-24-40(25-23-39)33-12-11-13-35-32(33)20-27-48-35/h11-13,16,18,20,27-28H,1-10,14-15,17,19,21-26,29H2,(H,43,44). The van der Waals surface area contributed by atoms with Crippen molar-refractivity contribution in [1.29, 1.82) is 0 Å². The second-order valence-electron chi connectivity index (χ2n) is 13.0. The highest BCUT2D eigenvalue weighted by Crippen LogP contribution is 2.33. The Hall–Kier alpha value is -3.63. The number of carbonyl (C=O) groups excluding carboxylic acids is 2. The fourth-order valence-electron chi connectivity index (χ4n) is 6.66. The van der Waals surface area contributed by atoms with Crippen LogP contribution in [0.1, 0.15) is 89.0 Å². The van der Waals surface area contributed by atoms with Gasteiger partial charge in [0.1, 0.15) is 5.75 Å². The number of fused-ring (bicyclic) bond motifs is 2. The highest BCUT2D eigenvalue weighted by Gasteiger charge is 2.26. The number of aryl methyl sites for hydroxylation is 1. The normalized spacial score (nSPS) is 15.1. The molecule has 5 rings (SSSR count). The second-order valence-corrected chi connectivity index (χ2v) is 13.9. The number of unbranched alkanes of at least 4 members (excludes halogenated alkanes) is 8. The number of aliphatic carboxylic acids is 1. The first-order valence-electron chi connectivity index (χ1n) is 17.8. The Morgan fingerprint density at radius 1 is 0.792 bits per heavy atom. The molecule has 3 heterocycles. The molecule has 2 aliphatic heterocycles. The minimum atomic E-state index is -0.726. The van der Waals surface area contributed by atoms with Gasteiger partial charge in [-0.1, -0.05) is 50.7 Å². The van der Waals surface area contributed by atoms with E-state index >= 15 is 0 Å². The Bertz CT molecular complexity index is 1480. The van der Waals surface area contributed by atoms with Gasteiger partial charge >= 0.3 is 11.9 Å². The van der Waals surface area contributed by atoms with E-state index in [9.17, 15) is 14.4 Å². The van der Waals surface area contributed by atoms with E-state index in [4.69, 9.17) is 14.6 Å². The molecule has 3 aromatic rings. The zero-order valence-corrected chi connectivity index (χ0v) is 29.0. The summed E-state index contributed by atoms with van der Waals surface area (Å²) < 4.78 is 13.0. The van der Waals surface area contributed by atoms with E-state index in [1.807, 2.05) is 18.2 Å². The predicted molar refractivity (Wildman–Crippen MR) is 192 cm³/mol. The molecule has 1 aromatic heterocycles. The summed E-state index contributed by atoms with van der Waals surface area (Å²) in [6.45, 7) is 5.84. The van der Waals surface area contributed by atoms with Crippen LogP contribution in [0.5, 0.6) is 5.75 Å². The third-order valence-electron chi connectivity index (χ3n) is 9.46. The molecule has 0 aliphatic carbocycles. The molecule has 10 heteroatoms. The monoisotopic (exact) mass is 677 g/mol. The van der Waals surface area contributed by atoms with Crippen molar-refractivity contribution in [2.45, 2.75) is 89.9 Å². The van der Waals surface area contributed by atoms with E-state index in [1.54, 1.807) is 16.2 Å². The van der Waals surface area contributed by atoms with Crippen LogP contribution in [0.25, 0.3) is 10.1 Å². The highest BCUT2D eigenvalue weighted by molar-refractivity contribution is 7.17. The van der Waals surface area contributed by atoms with Gasteiger partial charge in [0, 0.05) is 67.3 Å². The van der Waals surface area contributed by atoms with Gasteiger partial charge < -0.3 is 19.5 Å². The lowest BCUT2D eigenvalue weighted by Gasteiger charge is -2.36. The maximum atomic E-state index is 12.8. The van der Waals surface area contributed by atoms with Crippen LogP contribution < -0.4 is 14.5 Å². The number of carboxylic acid groups (broad SMARTS) is 1. The number of piperazine rings is 1. The minimum Gasteiger partial charge on any atom is -0.494 e. The number of hydrogen-bond acceptors (Lipinski definition) is 8. The van der Waals surface area contributed by atoms with Gasteiger partial charge in [-0.3, -0.25) is 24.2 Å². The number of carboxylic acids is 1. The highest BCUT2D eigenvalue weighted by atomic mass is 32.1. The molecular weight excluding hydrogens is 627 g/mol. The molecule has 0 saturated carbocycles. The molecule has 260 valence electrons. The molecule has 0 atom stereocenters. The summed E-state index contributed by atoms with van der Waals surface area (Å²) in [6.07, 6.45) is 11.4. The number of anilines is 2. The summed E-state index contributed by atoms with van der Waals surface area (Å²) in [4.78, 5) is 42.4. The summed E-state index contributed by atoms with van der Waals surface area (Å²) in [5.41, 5.74) is 3.19. The lowest BCUT2D eigenvalue weighted by molar-refractivity contribution is -0.144. The lowest BCUT2D eigenvalue weighted by atomic mass is 10.0. The molecular formula is C38H51N3O6S. The average molecular weight is 678 g/mol. The van der Waals surface area contributed by atoms with Crippen LogP contribution in [0.3, 0.4) is 0 Å².